The lowest BCUT2D eigenvalue weighted by molar-refractivity contribution is -0.143. The fraction of sp³-hybridized carbons (Fsp3) is 0.269. The molecular formula is C26H27N3O5. The van der Waals surface area contributed by atoms with Crippen molar-refractivity contribution in [3.8, 4) is 16.9 Å². The number of methoxy groups -OCH3 is 1. The number of aromatic nitrogens is 2. The van der Waals surface area contributed by atoms with Crippen LogP contribution < -0.4 is 10.5 Å². The van der Waals surface area contributed by atoms with Gasteiger partial charge in [-0.05, 0) is 29.8 Å². The zero-order chi connectivity index (χ0) is 23.8. The number of para-hydroxylation sites is 1. The molecule has 3 heterocycles. The average molecular weight is 462 g/mol. The van der Waals surface area contributed by atoms with E-state index in [0.717, 1.165) is 33.6 Å². The summed E-state index contributed by atoms with van der Waals surface area (Å²) < 4.78 is 22.0. The molecule has 0 saturated heterocycles. The number of furan rings is 1. The van der Waals surface area contributed by atoms with E-state index in [4.69, 9.17) is 24.4 Å². The standard InChI is InChI=1S/C26H27N3O5/c1-31-10-4-11-32-25(30)14-19-5-2-3-6-24(19)34-17-21-15-22(26-23(29-21)8-12-33-26)18-7-9-28-20(13-18)16-27/h2-3,5-9,12-13,15H,4,10-11,14,16-17,27H2,1H3. The summed E-state index contributed by atoms with van der Waals surface area (Å²) >= 11 is 0. The maximum atomic E-state index is 12.2. The van der Waals surface area contributed by atoms with Gasteiger partial charge in [0.2, 0.25) is 0 Å². The van der Waals surface area contributed by atoms with E-state index >= 15 is 0 Å². The summed E-state index contributed by atoms with van der Waals surface area (Å²) in [6, 6.07) is 15.0. The molecule has 0 aliphatic rings. The molecule has 0 unspecified atom stereocenters. The number of carbonyl (C=O) groups is 1. The molecule has 4 rings (SSSR count). The molecular weight excluding hydrogens is 434 g/mol. The Morgan fingerprint density at radius 1 is 1.09 bits per heavy atom. The Kier molecular flexibility index (Phi) is 7.85. The van der Waals surface area contributed by atoms with Crippen LogP contribution in [0, 0.1) is 0 Å². The molecule has 2 N–H and O–H groups in total. The minimum atomic E-state index is -0.305. The number of benzene rings is 1. The average Bonchev–Trinajstić information content (AvgIpc) is 3.34. The molecule has 34 heavy (non-hydrogen) atoms. The third-order valence-electron chi connectivity index (χ3n) is 5.24. The van der Waals surface area contributed by atoms with Gasteiger partial charge in [0.1, 0.15) is 17.9 Å². The van der Waals surface area contributed by atoms with E-state index in [1.54, 1.807) is 19.6 Å². The van der Waals surface area contributed by atoms with Crippen molar-refractivity contribution in [1.82, 2.24) is 9.97 Å². The highest BCUT2D eigenvalue weighted by Crippen LogP contribution is 2.30. The highest BCUT2D eigenvalue weighted by atomic mass is 16.5. The van der Waals surface area contributed by atoms with Gasteiger partial charge in [-0.3, -0.25) is 9.78 Å². The molecule has 0 saturated carbocycles. The lowest BCUT2D eigenvalue weighted by atomic mass is 10.0. The quantitative estimate of drug-likeness (QED) is 0.263. The van der Waals surface area contributed by atoms with Crippen LogP contribution in [0.25, 0.3) is 22.2 Å². The summed E-state index contributed by atoms with van der Waals surface area (Å²) in [5, 5.41) is 0. The van der Waals surface area contributed by atoms with Gasteiger partial charge in [0.05, 0.1) is 30.7 Å². The van der Waals surface area contributed by atoms with Gasteiger partial charge in [0.15, 0.2) is 5.58 Å². The lowest BCUT2D eigenvalue weighted by Crippen LogP contribution is -2.11. The van der Waals surface area contributed by atoms with Crippen molar-refractivity contribution in [1.29, 1.82) is 0 Å². The number of hydrogen-bond acceptors (Lipinski definition) is 8. The Balaban J connectivity index is 1.51. The van der Waals surface area contributed by atoms with Gasteiger partial charge in [0, 0.05) is 50.1 Å². The fourth-order valence-corrected chi connectivity index (χ4v) is 3.60. The molecule has 0 bridgehead atoms. The fourth-order valence-electron chi connectivity index (χ4n) is 3.60. The summed E-state index contributed by atoms with van der Waals surface area (Å²) in [4.78, 5) is 21.2. The van der Waals surface area contributed by atoms with Crippen molar-refractivity contribution in [2.24, 2.45) is 5.73 Å². The summed E-state index contributed by atoms with van der Waals surface area (Å²) in [6.45, 7) is 1.45. The first-order valence-electron chi connectivity index (χ1n) is 11.1. The first-order valence-corrected chi connectivity index (χ1v) is 11.1. The van der Waals surface area contributed by atoms with Gasteiger partial charge in [-0.1, -0.05) is 18.2 Å². The van der Waals surface area contributed by atoms with Crippen molar-refractivity contribution in [2.75, 3.05) is 20.3 Å². The second-order valence-corrected chi connectivity index (χ2v) is 7.68. The molecule has 8 nitrogen and oxygen atoms in total. The third kappa shape index (κ3) is 5.78. The van der Waals surface area contributed by atoms with Crippen LogP contribution in [0.1, 0.15) is 23.4 Å². The maximum Gasteiger partial charge on any atom is 0.310 e. The molecule has 0 aliphatic carbocycles. The van der Waals surface area contributed by atoms with E-state index in [1.807, 2.05) is 48.5 Å². The second kappa shape index (κ2) is 11.4. The first kappa shape index (κ1) is 23.4. The van der Waals surface area contributed by atoms with Gasteiger partial charge < -0.3 is 24.4 Å². The normalized spacial score (nSPS) is 11.0. The zero-order valence-corrected chi connectivity index (χ0v) is 19.0. The summed E-state index contributed by atoms with van der Waals surface area (Å²) in [6.07, 6.45) is 4.13. The van der Waals surface area contributed by atoms with Gasteiger partial charge >= 0.3 is 5.97 Å². The van der Waals surface area contributed by atoms with Crippen molar-refractivity contribution < 1.29 is 23.4 Å². The van der Waals surface area contributed by atoms with Crippen LogP contribution in [0.2, 0.25) is 0 Å². The molecule has 8 heteroatoms. The first-order chi connectivity index (χ1) is 16.7. The number of pyridine rings is 2. The highest BCUT2D eigenvalue weighted by molar-refractivity contribution is 5.90. The number of nitrogens with zero attached hydrogens (tertiary/aromatic N) is 2. The Morgan fingerprint density at radius 3 is 2.82 bits per heavy atom. The number of ether oxygens (including phenoxy) is 3. The number of hydrogen-bond donors (Lipinski definition) is 1. The minimum Gasteiger partial charge on any atom is -0.487 e. The second-order valence-electron chi connectivity index (χ2n) is 7.68. The number of nitrogens with two attached hydrogens (primary N) is 1. The van der Waals surface area contributed by atoms with Crippen molar-refractivity contribution in [3.63, 3.8) is 0 Å². The number of fused-ring (bicyclic) bond motifs is 1. The van der Waals surface area contributed by atoms with Crippen LogP contribution in [-0.2, 0) is 33.8 Å². The largest absolute Gasteiger partial charge is 0.487 e. The van der Waals surface area contributed by atoms with Crippen molar-refractivity contribution >= 4 is 17.1 Å². The Labute approximate surface area is 197 Å². The minimum absolute atomic E-state index is 0.126. The summed E-state index contributed by atoms with van der Waals surface area (Å²) in [7, 11) is 1.62. The molecule has 0 spiro atoms. The summed E-state index contributed by atoms with van der Waals surface area (Å²) in [5.41, 5.74) is 11.3. The molecule has 0 atom stereocenters. The SMILES string of the molecule is COCCCOC(=O)Cc1ccccc1OCc1cc(-c2ccnc(CN)c2)c2occc2n1. The Morgan fingerprint density at radius 2 is 1.97 bits per heavy atom. The number of rotatable bonds is 11. The maximum absolute atomic E-state index is 12.2. The van der Waals surface area contributed by atoms with Gasteiger partial charge in [-0.2, -0.15) is 0 Å². The van der Waals surface area contributed by atoms with E-state index in [1.165, 1.54) is 0 Å². The molecule has 3 aromatic heterocycles. The molecule has 0 fully saturated rings. The van der Waals surface area contributed by atoms with Crippen molar-refractivity contribution in [2.45, 2.75) is 26.0 Å². The molecule has 0 radical (unpaired) electrons. The molecule has 1 aromatic carbocycles. The van der Waals surface area contributed by atoms with E-state index in [-0.39, 0.29) is 19.0 Å². The third-order valence-corrected chi connectivity index (χ3v) is 5.24. The van der Waals surface area contributed by atoms with Crippen LogP contribution >= 0.6 is 0 Å². The predicted octanol–water partition coefficient (Wildman–Crippen LogP) is 4.05. The van der Waals surface area contributed by atoms with Crippen LogP contribution in [0.15, 0.2) is 65.4 Å². The van der Waals surface area contributed by atoms with Crippen LogP contribution in [0.3, 0.4) is 0 Å². The van der Waals surface area contributed by atoms with Gasteiger partial charge in [-0.25, -0.2) is 4.98 Å². The topological polar surface area (TPSA) is 110 Å². The number of carbonyl (C=O) groups excluding carboxylic acids is 1. The summed E-state index contributed by atoms with van der Waals surface area (Å²) in [5.74, 6) is 0.307. The van der Waals surface area contributed by atoms with Crippen LogP contribution in [0.4, 0.5) is 0 Å². The van der Waals surface area contributed by atoms with Crippen LogP contribution in [-0.4, -0.2) is 36.3 Å². The molecule has 4 aromatic rings. The molecule has 176 valence electrons. The molecule has 0 aliphatic heterocycles. The zero-order valence-electron chi connectivity index (χ0n) is 19.0. The lowest BCUT2D eigenvalue weighted by Gasteiger charge is -2.12. The van der Waals surface area contributed by atoms with Crippen LogP contribution in [0.5, 0.6) is 5.75 Å². The Hall–Kier alpha value is -3.75. The number of esters is 1. The Bertz CT molecular complexity index is 1250. The van der Waals surface area contributed by atoms with E-state index in [2.05, 4.69) is 9.97 Å². The van der Waals surface area contributed by atoms with E-state index < -0.39 is 0 Å². The van der Waals surface area contributed by atoms with E-state index in [0.29, 0.717) is 37.5 Å². The van der Waals surface area contributed by atoms with Gasteiger partial charge in [0.25, 0.3) is 0 Å². The highest BCUT2D eigenvalue weighted by Gasteiger charge is 2.14. The van der Waals surface area contributed by atoms with E-state index in [9.17, 15) is 4.79 Å². The monoisotopic (exact) mass is 461 g/mol. The van der Waals surface area contributed by atoms with Crippen molar-refractivity contribution in [3.05, 3.63) is 77.9 Å². The smallest absolute Gasteiger partial charge is 0.310 e. The van der Waals surface area contributed by atoms with Gasteiger partial charge in [-0.15, -0.1) is 0 Å². The molecule has 0 amide bonds. The predicted molar refractivity (Wildman–Crippen MR) is 127 cm³/mol.